The van der Waals surface area contributed by atoms with Crippen molar-refractivity contribution in [3.05, 3.63) is 0 Å². The van der Waals surface area contributed by atoms with E-state index in [1.54, 1.807) is 9.80 Å². The zero-order valence-electron chi connectivity index (χ0n) is 17.6. The van der Waals surface area contributed by atoms with E-state index in [-0.39, 0.29) is 45.3 Å². The first-order chi connectivity index (χ1) is 13.6. The summed E-state index contributed by atoms with van der Waals surface area (Å²) >= 11 is 0. The van der Waals surface area contributed by atoms with Crippen LogP contribution in [0, 0.1) is 5.92 Å². The monoisotopic (exact) mass is 422 g/mol. The summed E-state index contributed by atoms with van der Waals surface area (Å²) < 4.78 is 39.0. The second-order valence-corrected chi connectivity index (χ2v) is 7.91. The van der Waals surface area contributed by atoms with Gasteiger partial charge in [0, 0.05) is 58.4 Å². The van der Waals surface area contributed by atoms with Crippen LogP contribution in [0.4, 0.5) is 13.2 Å². The van der Waals surface area contributed by atoms with Crippen LogP contribution in [-0.4, -0.2) is 116 Å². The molecule has 1 atom stereocenters. The molecule has 0 N–H and O–H groups in total. The lowest BCUT2D eigenvalue weighted by atomic mass is 10.0. The Kier molecular flexibility index (Phi) is 11.6. The highest BCUT2D eigenvalue weighted by molar-refractivity contribution is 5.70. The van der Waals surface area contributed by atoms with Gasteiger partial charge in [-0.2, -0.15) is 13.2 Å². The predicted octanol–water partition coefficient (Wildman–Crippen LogP) is 0.741. The van der Waals surface area contributed by atoms with Crippen LogP contribution in [0.5, 0.6) is 0 Å². The molecule has 1 saturated heterocycles. The molecule has 0 aromatic heterocycles. The Bertz CT molecular complexity index is 519. The van der Waals surface area contributed by atoms with Crippen LogP contribution in [0.1, 0.15) is 20.8 Å². The zero-order chi connectivity index (χ0) is 22.0. The quantitative estimate of drug-likeness (QED) is 0.535. The second-order valence-electron chi connectivity index (χ2n) is 7.91. The SMILES string of the molecule is CC(C)C(C)N1CCN(CC(=O)F)CCN(CC(=O)F)CCN(CC(=O)F)CC1. The fourth-order valence-electron chi connectivity index (χ4n) is 3.38. The molecule has 1 heterocycles. The highest BCUT2D eigenvalue weighted by atomic mass is 19.1. The van der Waals surface area contributed by atoms with Crippen molar-refractivity contribution in [3.63, 3.8) is 0 Å². The van der Waals surface area contributed by atoms with Crippen molar-refractivity contribution in [2.24, 2.45) is 5.92 Å². The molecule has 29 heavy (non-hydrogen) atoms. The van der Waals surface area contributed by atoms with Crippen molar-refractivity contribution in [2.45, 2.75) is 26.8 Å². The summed E-state index contributed by atoms with van der Waals surface area (Å²) in [6.07, 6.45) is 0. The van der Waals surface area contributed by atoms with Crippen LogP contribution in [-0.2, 0) is 14.4 Å². The van der Waals surface area contributed by atoms with Gasteiger partial charge in [0.15, 0.2) is 0 Å². The first-order valence-corrected chi connectivity index (χ1v) is 10.0. The fraction of sp³-hybridized carbons (Fsp3) is 0.842. The molecule has 0 radical (unpaired) electrons. The lowest BCUT2D eigenvalue weighted by Gasteiger charge is -2.36. The van der Waals surface area contributed by atoms with Crippen molar-refractivity contribution in [1.29, 1.82) is 0 Å². The minimum absolute atomic E-state index is 0.199. The van der Waals surface area contributed by atoms with Crippen molar-refractivity contribution < 1.29 is 27.6 Å². The molecule has 0 spiro atoms. The molecule has 1 unspecified atom stereocenters. The number of nitrogens with zero attached hydrogens (tertiary/aromatic N) is 4. The summed E-state index contributed by atoms with van der Waals surface area (Å²) in [5, 5.41) is 0. The number of hydrogen-bond donors (Lipinski definition) is 0. The summed E-state index contributed by atoms with van der Waals surface area (Å²) in [7, 11) is 0. The Labute approximate surface area is 170 Å². The Morgan fingerprint density at radius 1 is 0.621 bits per heavy atom. The van der Waals surface area contributed by atoms with E-state index >= 15 is 0 Å². The molecule has 1 aliphatic rings. The third-order valence-electron chi connectivity index (χ3n) is 5.46. The first-order valence-electron chi connectivity index (χ1n) is 10.0. The molecular formula is C19H33F3N4O3. The van der Waals surface area contributed by atoms with Crippen LogP contribution in [0.15, 0.2) is 0 Å². The third kappa shape index (κ3) is 10.8. The molecule has 10 heteroatoms. The maximum absolute atomic E-state index is 13.0. The van der Waals surface area contributed by atoms with Crippen molar-refractivity contribution in [2.75, 3.05) is 72.0 Å². The molecule has 0 amide bonds. The Hall–Kier alpha value is -1.36. The third-order valence-corrected chi connectivity index (χ3v) is 5.46. The molecule has 0 aliphatic carbocycles. The number of carbonyl (C=O) groups is 3. The normalized spacial score (nSPS) is 20.8. The van der Waals surface area contributed by atoms with Gasteiger partial charge >= 0.3 is 18.1 Å². The first kappa shape index (κ1) is 25.7. The second kappa shape index (κ2) is 13.0. The van der Waals surface area contributed by atoms with E-state index in [9.17, 15) is 27.6 Å². The number of rotatable bonds is 8. The van der Waals surface area contributed by atoms with Gasteiger partial charge in [-0.25, -0.2) is 0 Å². The topological polar surface area (TPSA) is 64.2 Å². The fourth-order valence-corrected chi connectivity index (χ4v) is 3.38. The van der Waals surface area contributed by atoms with E-state index in [1.165, 1.54) is 4.90 Å². The Morgan fingerprint density at radius 3 is 1.14 bits per heavy atom. The average Bonchev–Trinajstić information content (AvgIpc) is 2.59. The number of carbonyl (C=O) groups excluding carboxylic acids is 3. The Morgan fingerprint density at radius 2 is 0.897 bits per heavy atom. The summed E-state index contributed by atoms with van der Waals surface area (Å²) in [5.41, 5.74) is 0. The van der Waals surface area contributed by atoms with Gasteiger partial charge in [-0.3, -0.25) is 34.0 Å². The molecule has 0 aromatic carbocycles. The van der Waals surface area contributed by atoms with E-state index in [0.29, 0.717) is 32.1 Å². The lowest BCUT2D eigenvalue weighted by Crippen LogP contribution is -2.50. The van der Waals surface area contributed by atoms with E-state index in [0.717, 1.165) is 0 Å². The molecule has 1 fully saturated rings. The van der Waals surface area contributed by atoms with E-state index in [2.05, 4.69) is 25.7 Å². The summed E-state index contributed by atoms with van der Waals surface area (Å²) in [5.74, 6) is 0.349. The number of hydrogen-bond acceptors (Lipinski definition) is 7. The van der Waals surface area contributed by atoms with Crippen LogP contribution in [0.3, 0.4) is 0 Å². The summed E-state index contributed by atoms with van der Waals surface area (Å²) in [4.78, 5) is 39.9. The van der Waals surface area contributed by atoms with Crippen molar-refractivity contribution >= 4 is 18.1 Å². The van der Waals surface area contributed by atoms with Gasteiger partial charge in [0.1, 0.15) is 0 Å². The lowest BCUT2D eigenvalue weighted by molar-refractivity contribution is -0.132. The summed E-state index contributed by atoms with van der Waals surface area (Å²) in [6.45, 7) is 8.12. The van der Waals surface area contributed by atoms with Gasteiger partial charge < -0.3 is 0 Å². The maximum atomic E-state index is 13.0. The number of halogens is 3. The van der Waals surface area contributed by atoms with Gasteiger partial charge in [-0.15, -0.1) is 0 Å². The van der Waals surface area contributed by atoms with Crippen molar-refractivity contribution in [3.8, 4) is 0 Å². The highest BCUT2D eigenvalue weighted by Crippen LogP contribution is 2.11. The van der Waals surface area contributed by atoms with Crippen LogP contribution >= 0.6 is 0 Å². The van der Waals surface area contributed by atoms with Crippen molar-refractivity contribution in [1.82, 2.24) is 19.6 Å². The van der Waals surface area contributed by atoms with E-state index < -0.39 is 24.7 Å². The Balaban J connectivity index is 2.97. The maximum Gasteiger partial charge on any atom is 0.315 e. The predicted molar refractivity (Wildman–Crippen MR) is 104 cm³/mol. The van der Waals surface area contributed by atoms with Crippen LogP contribution < -0.4 is 0 Å². The molecule has 1 aliphatic heterocycles. The van der Waals surface area contributed by atoms with Gasteiger partial charge in [-0.05, 0) is 12.8 Å². The van der Waals surface area contributed by atoms with E-state index in [4.69, 9.17) is 0 Å². The molecule has 0 saturated carbocycles. The summed E-state index contributed by atoms with van der Waals surface area (Å²) in [6, 6.07) is -4.19. The van der Waals surface area contributed by atoms with Gasteiger partial charge in [0.2, 0.25) is 0 Å². The van der Waals surface area contributed by atoms with E-state index in [1.807, 2.05) is 0 Å². The minimum Gasteiger partial charge on any atom is -0.298 e. The van der Waals surface area contributed by atoms with Gasteiger partial charge in [-0.1, -0.05) is 13.8 Å². The minimum atomic E-state index is -1.50. The van der Waals surface area contributed by atoms with Crippen LogP contribution in [0.25, 0.3) is 0 Å². The molecule has 0 bridgehead atoms. The smallest absolute Gasteiger partial charge is 0.298 e. The average molecular weight is 422 g/mol. The molecule has 168 valence electrons. The molecule has 7 nitrogen and oxygen atoms in total. The molecule has 1 rings (SSSR count). The van der Waals surface area contributed by atoms with Gasteiger partial charge in [0.05, 0.1) is 19.6 Å². The zero-order valence-corrected chi connectivity index (χ0v) is 17.6. The largest absolute Gasteiger partial charge is 0.315 e. The molecule has 0 aromatic rings. The van der Waals surface area contributed by atoms with Gasteiger partial charge in [0.25, 0.3) is 0 Å². The standard InChI is InChI=1S/C19H33F3N4O3/c1-15(2)16(3)26-10-8-24(13-18(21)28)6-4-23(12-17(20)27)5-7-25(9-11-26)14-19(22)29/h15-16H,4-14H2,1-3H3. The molecular weight excluding hydrogens is 389 g/mol. The highest BCUT2D eigenvalue weighted by Gasteiger charge is 2.23. The van der Waals surface area contributed by atoms with Crippen LogP contribution in [0.2, 0.25) is 0 Å².